The Labute approximate surface area is 108 Å². The van der Waals surface area contributed by atoms with E-state index in [9.17, 15) is 4.79 Å². The number of nitrogens with zero attached hydrogens (tertiary/aromatic N) is 1. The third-order valence-corrected chi connectivity index (χ3v) is 4.21. The SMILES string of the molecule is Cc1ccccc1[C@H]1CCCN1C(=O)C1CNC1. The van der Waals surface area contributed by atoms with Crippen LogP contribution in [-0.2, 0) is 4.79 Å². The number of benzene rings is 1. The normalized spacial score (nSPS) is 24.1. The highest BCUT2D eigenvalue weighted by Crippen LogP contribution is 2.34. The summed E-state index contributed by atoms with van der Waals surface area (Å²) in [7, 11) is 0. The average Bonchev–Trinajstić information content (AvgIpc) is 2.76. The molecule has 2 saturated heterocycles. The fourth-order valence-electron chi connectivity index (χ4n) is 3.01. The van der Waals surface area contributed by atoms with Gasteiger partial charge in [-0.25, -0.2) is 0 Å². The molecule has 0 aliphatic carbocycles. The maximum Gasteiger partial charge on any atom is 0.228 e. The van der Waals surface area contributed by atoms with Crippen LogP contribution in [0.2, 0.25) is 0 Å². The molecule has 0 unspecified atom stereocenters. The van der Waals surface area contributed by atoms with Crippen molar-refractivity contribution in [2.45, 2.75) is 25.8 Å². The summed E-state index contributed by atoms with van der Waals surface area (Å²) in [6.45, 7) is 4.78. The molecular weight excluding hydrogens is 224 g/mol. The Morgan fingerprint density at radius 1 is 1.33 bits per heavy atom. The molecule has 18 heavy (non-hydrogen) atoms. The fraction of sp³-hybridized carbons (Fsp3) is 0.533. The van der Waals surface area contributed by atoms with Crippen LogP contribution in [0, 0.1) is 12.8 Å². The summed E-state index contributed by atoms with van der Waals surface area (Å²) in [4.78, 5) is 14.5. The van der Waals surface area contributed by atoms with Gasteiger partial charge >= 0.3 is 0 Å². The van der Waals surface area contributed by atoms with Crippen molar-refractivity contribution in [1.29, 1.82) is 0 Å². The standard InChI is InChI=1S/C15H20N2O/c1-11-5-2-3-6-13(11)14-7-4-8-17(14)15(18)12-9-16-10-12/h2-3,5-6,12,14,16H,4,7-10H2,1H3/t14-/m1/s1. The Morgan fingerprint density at radius 2 is 2.11 bits per heavy atom. The monoisotopic (exact) mass is 244 g/mol. The smallest absolute Gasteiger partial charge is 0.228 e. The molecule has 3 rings (SSSR count). The molecule has 0 bridgehead atoms. The second-order valence-corrected chi connectivity index (χ2v) is 5.40. The number of hydrogen-bond acceptors (Lipinski definition) is 2. The van der Waals surface area contributed by atoms with E-state index in [1.54, 1.807) is 0 Å². The molecule has 2 fully saturated rings. The van der Waals surface area contributed by atoms with E-state index in [1.165, 1.54) is 11.1 Å². The quantitative estimate of drug-likeness (QED) is 0.861. The third-order valence-electron chi connectivity index (χ3n) is 4.21. The number of nitrogens with one attached hydrogen (secondary N) is 1. The van der Waals surface area contributed by atoms with Crippen molar-refractivity contribution in [1.82, 2.24) is 10.2 Å². The Hall–Kier alpha value is -1.35. The van der Waals surface area contributed by atoms with Crippen LogP contribution >= 0.6 is 0 Å². The van der Waals surface area contributed by atoms with E-state index >= 15 is 0 Å². The van der Waals surface area contributed by atoms with Crippen LogP contribution < -0.4 is 5.32 Å². The molecule has 1 aromatic carbocycles. The summed E-state index contributed by atoms with van der Waals surface area (Å²) in [6, 6.07) is 8.76. The lowest BCUT2D eigenvalue weighted by atomic mass is 9.97. The predicted molar refractivity (Wildman–Crippen MR) is 71.2 cm³/mol. The molecule has 0 saturated carbocycles. The Morgan fingerprint density at radius 3 is 2.78 bits per heavy atom. The Balaban J connectivity index is 1.82. The highest BCUT2D eigenvalue weighted by molar-refractivity contribution is 5.81. The van der Waals surface area contributed by atoms with Gasteiger partial charge in [0.05, 0.1) is 12.0 Å². The van der Waals surface area contributed by atoms with Gasteiger partial charge < -0.3 is 10.2 Å². The van der Waals surface area contributed by atoms with Gasteiger partial charge in [0.1, 0.15) is 0 Å². The number of hydrogen-bond donors (Lipinski definition) is 1. The second-order valence-electron chi connectivity index (χ2n) is 5.40. The number of likely N-dealkylation sites (tertiary alicyclic amines) is 1. The van der Waals surface area contributed by atoms with Crippen molar-refractivity contribution in [2.75, 3.05) is 19.6 Å². The van der Waals surface area contributed by atoms with Crippen LogP contribution in [0.5, 0.6) is 0 Å². The van der Waals surface area contributed by atoms with Crippen molar-refractivity contribution in [3.63, 3.8) is 0 Å². The molecule has 3 nitrogen and oxygen atoms in total. The minimum atomic E-state index is 0.217. The maximum atomic E-state index is 12.4. The molecule has 0 radical (unpaired) electrons. The van der Waals surface area contributed by atoms with Gasteiger partial charge in [0.15, 0.2) is 0 Å². The lowest BCUT2D eigenvalue weighted by Crippen LogP contribution is -2.51. The molecule has 2 aliphatic heterocycles. The summed E-state index contributed by atoms with van der Waals surface area (Å²) < 4.78 is 0. The molecule has 1 amide bonds. The number of aryl methyl sites for hydroxylation is 1. The average molecular weight is 244 g/mol. The minimum absolute atomic E-state index is 0.217. The molecule has 0 aromatic heterocycles. The molecule has 0 spiro atoms. The van der Waals surface area contributed by atoms with Crippen molar-refractivity contribution < 1.29 is 4.79 Å². The van der Waals surface area contributed by atoms with Crippen molar-refractivity contribution in [3.05, 3.63) is 35.4 Å². The Bertz CT molecular complexity index is 454. The first-order valence-electron chi connectivity index (χ1n) is 6.84. The first kappa shape index (κ1) is 11.7. The van der Waals surface area contributed by atoms with Crippen molar-refractivity contribution >= 4 is 5.91 Å². The molecule has 3 heteroatoms. The molecule has 2 heterocycles. The first-order valence-corrected chi connectivity index (χ1v) is 6.84. The van der Waals surface area contributed by atoms with Gasteiger partial charge in [-0.05, 0) is 30.9 Å². The number of carbonyl (C=O) groups is 1. The summed E-state index contributed by atoms with van der Waals surface area (Å²) >= 11 is 0. The molecule has 2 aliphatic rings. The summed E-state index contributed by atoms with van der Waals surface area (Å²) in [6.07, 6.45) is 2.24. The lowest BCUT2D eigenvalue weighted by molar-refractivity contribution is -0.138. The summed E-state index contributed by atoms with van der Waals surface area (Å²) in [5.74, 6) is 0.564. The highest BCUT2D eigenvalue weighted by Gasteiger charge is 2.36. The van der Waals surface area contributed by atoms with Crippen molar-refractivity contribution in [2.24, 2.45) is 5.92 Å². The number of carbonyl (C=O) groups excluding carboxylic acids is 1. The maximum absolute atomic E-state index is 12.4. The van der Waals surface area contributed by atoms with Crippen LogP contribution in [0.4, 0.5) is 0 Å². The van der Waals surface area contributed by atoms with Crippen LogP contribution in [0.1, 0.15) is 30.0 Å². The van der Waals surface area contributed by atoms with Crippen LogP contribution in [-0.4, -0.2) is 30.4 Å². The second kappa shape index (κ2) is 4.73. The van der Waals surface area contributed by atoms with E-state index in [-0.39, 0.29) is 5.92 Å². The predicted octanol–water partition coefficient (Wildman–Crippen LogP) is 1.88. The van der Waals surface area contributed by atoms with E-state index in [0.717, 1.165) is 32.5 Å². The fourth-order valence-corrected chi connectivity index (χ4v) is 3.01. The van der Waals surface area contributed by atoms with Gasteiger partial charge in [-0.3, -0.25) is 4.79 Å². The molecule has 96 valence electrons. The van der Waals surface area contributed by atoms with Crippen LogP contribution in [0.25, 0.3) is 0 Å². The molecule has 1 atom stereocenters. The largest absolute Gasteiger partial charge is 0.335 e. The molecule has 1 aromatic rings. The van der Waals surface area contributed by atoms with Gasteiger partial charge in [0.2, 0.25) is 5.91 Å². The van der Waals surface area contributed by atoms with Gasteiger partial charge in [-0.15, -0.1) is 0 Å². The van der Waals surface area contributed by atoms with Gasteiger partial charge in [0, 0.05) is 19.6 Å². The summed E-state index contributed by atoms with van der Waals surface area (Å²) in [5, 5.41) is 3.18. The first-order chi connectivity index (χ1) is 8.77. The van der Waals surface area contributed by atoms with E-state index in [2.05, 4.69) is 41.4 Å². The van der Waals surface area contributed by atoms with Gasteiger partial charge in [-0.2, -0.15) is 0 Å². The van der Waals surface area contributed by atoms with Crippen LogP contribution in [0.15, 0.2) is 24.3 Å². The number of rotatable bonds is 2. The topological polar surface area (TPSA) is 32.3 Å². The van der Waals surface area contributed by atoms with E-state index in [1.807, 2.05) is 0 Å². The lowest BCUT2D eigenvalue weighted by Gasteiger charge is -2.34. The van der Waals surface area contributed by atoms with E-state index in [4.69, 9.17) is 0 Å². The molecular formula is C15H20N2O. The number of amides is 1. The van der Waals surface area contributed by atoms with Gasteiger partial charge in [0.25, 0.3) is 0 Å². The third kappa shape index (κ3) is 1.93. The zero-order valence-electron chi connectivity index (χ0n) is 10.9. The van der Waals surface area contributed by atoms with Crippen molar-refractivity contribution in [3.8, 4) is 0 Å². The highest BCUT2D eigenvalue weighted by atomic mass is 16.2. The van der Waals surface area contributed by atoms with Gasteiger partial charge in [-0.1, -0.05) is 24.3 Å². The Kier molecular flexibility index (Phi) is 3.08. The zero-order valence-corrected chi connectivity index (χ0v) is 10.9. The van der Waals surface area contributed by atoms with E-state index in [0.29, 0.717) is 11.9 Å². The summed E-state index contributed by atoms with van der Waals surface area (Å²) in [5.41, 5.74) is 2.63. The van der Waals surface area contributed by atoms with E-state index < -0.39 is 0 Å². The molecule has 1 N–H and O–H groups in total. The zero-order chi connectivity index (χ0) is 12.5. The minimum Gasteiger partial charge on any atom is -0.335 e. The van der Waals surface area contributed by atoms with Crippen LogP contribution in [0.3, 0.4) is 0 Å².